The van der Waals surface area contributed by atoms with Gasteiger partial charge in [0.05, 0.1) is 24.2 Å². The molecule has 0 spiro atoms. The lowest BCUT2D eigenvalue weighted by Crippen LogP contribution is -2.45. The minimum Gasteiger partial charge on any atom is -0.447 e. The number of nitrogens with zero attached hydrogens (tertiary/aromatic N) is 1. The molecule has 2 amide bonds. The van der Waals surface area contributed by atoms with E-state index in [1.54, 1.807) is 14.0 Å². The lowest BCUT2D eigenvalue weighted by atomic mass is 9.96. The highest BCUT2D eigenvalue weighted by Crippen LogP contribution is 2.23. The third kappa shape index (κ3) is 6.80. The van der Waals surface area contributed by atoms with E-state index in [-0.39, 0.29) is 31.5 Å². The van der Waals surface area contributed by atoms with Crippen molar-refractivity contribution in [3.63, 3.8) is 0 Å². The molecule has 0 aromatic heterocycles. The molecule has 0 aliphatic carbocycles. The van der Waals surface area contributed by atoms with Gasteiger partial charge in [-0.1, -0.05) is 44.2 Å². The summed E-state index contributed by atoms with van der Waals surface area (Å²) in [6, 6.07) is 9.33. The molecule has 1 aromatic rings. The Bertz CT molecular complexity index is 637. The summed E-state index contributed by atoms with van der Waals surface area (Å²) in [4.78, 5) is 26.3. The maximum absolute atomic E-state index is 12.9. The molecule has 1 aliphatic heterocycles. The minimum atomic E-state index is -0.826. The first-order valence-corrected chi connectivity index (χ1v) is 10.3. The van der Waals surface area contributed by atoms with Crippen LogP contribution < -0.4 is 0 Å². The van der Waals surface area contributed by atoms with Gasteiger partial charge in [-0.2, -0.15) is 0 Å². The largest absolute Gasteiger partial charge is 0.447 e. The molecule has 0 bridgehead atoms. The smallest absolute Gasteiger partial charge is 0.416 e. The summed E-state index contributed by atoms with van der Waals surface area (Å²) in [6.07, 6.45) is 1.97. The Morgan fingerprint density at radius 2 is 2.03 bits per heavy atom. The molecule has 1 saturated heterocycles. The van der Waals surface area contributed by atoms with Crippen LogP contribution in [0.2, 0.25) is 0 Å². The van der Waals surface area contributed by atoms with Crippen LogP contribution in [-0.2, 0) is 25.4 Å². The highest BCUT2D eigenvalue weighted by molar-refractivity contribution is 5.94. The molecule has 29 heavy (non-hydrogen) atoms. The molecule has 1 N–H and O–H groups in total. The molecule has 1 aromatic carbocycles. The second kappa shape index (κ2) is 11.9. The first-order valence-electron chi connectivity index (χ1n) is 10.3. The third-order valence-electron chi connectivity index (χ3n) is 5.38. The normalized spacial score (nSPS) is 19.7. The zero-order valence-corrected chi connectivity index (χ0v) is 17.6. The molecule has 0 saturated carbocycles. The summed E-state index contributed by atoms with van der Waals surface area (Å²) >= 11 is 0. The summed E-state index contributed by atoms with van der Waals surface area (Å²) in [6.45, 7) is 4.12. The predicted molar refractivity (Wildman–Crippen MR) is 108 cm³/mol. The van der Waals surface area contributed by atoms with E-state index >= 15 is 0 Å². The SMILES string of the molecule is CC[C@@H](CCC[C@H](O)[C@@H](C)C(=O)N1C(=O)OC[C@H]1Cc1ccccc1)OCOC. The topological polar surface area (TPSA) is 85.3 Å². The average molecular weight is 408 g/mol. The fraction of sp³-hybridized carbons (Fsp3) is 0.636. The molecular weight excluding hydrogens is 374 g/mol. The number of ether oxygens (including phenoxy) is 3. The zero-order chi connectivity index (χ0) is 21.2. The van der Waals surface area contributed by atoms with Crippen LogP contribution in [0.3, 0.4) is 0 Å². The first-order chi connectivity index (χ1) is 14.0. The van der Waals surface area contributed by atoms with Crippen molar-refractivity contribution in [1.82, 2.24) is 4.90 Å². The number of hydrogen-bond acceptors (Lipinski definition) is 6. The number of carbonyl (C=O) groups is 2. The number of methoxy groups -OCH3 is 1. The van der Waals surface area contributed by atoms with Gasteiger partial charge in [-0.15, -0.1) is 0 Å². The van der Waals surface area contributed by atoms with Gasteiger partial charge in [0.15, 0.2) is 0 Å². The number of imide groups is 1. The van der Waals surface area contributed by atoms with E-state index in [1.807, 2.05) is 37.3 Å². The van der Waals surface area contributed by atoms with Crippen molar-refractivity contribution in [1.29, 1.82) is 0 Å². The standard InChI is InChI=1S/C22H33NO6/c1-4-19(29-15-27-3)11-8-12-20(24)16(2)21(25)23-18(14-28-22(23)26)13-17-9-6-5-7-10-17/h5-7,9-10,16,18-20,24H,4,8,11-15H2,1-3H3/t16-,18-,19+,20+/m1/s1. The molecule has 7 heteroatoms. The van der Waals surface area contributed by atoms with Crippen molar-refractivity contribution >= 4 is 12.0 Å². The van der Waals surface area contributed by atoms with Crippen molar-refractivity contribution in [2.24, 2.45) is 5.92 Å². The number of rotatable bonds is 12. The van der Waals surface area contributed by atoms with Gasteiger partial charge in [0.25, 0.3) is 0 Å². The summed E-state index contributed by atoms with van der Waals surface area (Å²) in [5, 5.41) is 10.5. The second-order valence-electron chi connectivity index (χ2n) is 7.52. The second-order valence-corrected chi connectivity index (χ2v) is 7.52. The van der Waals surface area contributed by atoms with Crippen LogP contribution in [0.5, 0.6) is 0 Å². The van der Waals surface area contributed by atoms with Crippen LogP contribution >= 0.6 is 0 Å². The first kappa shape index (κ1) is 23.3. The third-order valence-corrected chi connectivity index (χ3v) is 5.38. The lowest BCUT2D eigenvalue weighted by molar-refractivity contribution is -0.136. The Kier molecular flexibility index (Phi) is 9.57. The number of amides is 2. The summed E-state index contributed by atoms with van der Waals surface area (Å²) < 4.78 is 15.6. The van der Waals surface area contributed by atoms with Crippen molar-refractivity contribution in [2.45, 2.75) is 64.2 Å². The number of hydrogen-bond donors (Lipinski definition) is 1. The van der Waals surface area contributed by atoms with Crippen molar-refractivity contribution < 1.29 is 28.9 Å². The maximum Gasteiger partial charge on any atom is 0.416 e. The quantitative estimate of drug-likeness (QED) is 0.536. The van der Waals surface area contributed by atoms with Gasteiger partial charge >= 0.3 is 6.09 Å². The molecule has 7 nitrogen and oxygen atoms in total. The maximum atomic E-state index is 12.9. The molecule has 1 fully saturated rings. The van der Waals surface area contributed by atoms with Gasteiger partial charge in [-0.05, 0) is 37.7 Å². The zero-order valence-electron chi connectivity index (χ0n) is 17.6. The van der Waals surface area contributed by atoms with E-state index in [9.17, 15) is 14.7 Å². The van der Waals surface area contributed by atoms with Gasteiger partial charge in [0.2, 0.25) is 5.91 Å². The predicted octanol–water partition coefficient (Wildman–Crippen LogP) is 3.14. The van der Waals surface area contributed by atoms with Crippen molar-refractivity contribution in [3.8, 4) is 0 Å². The summed E-state index contributed by atoms with van der Waals surface area (Å²) in [5.41, 5.74) is 1.03. The van der Waals surface area contributed by atoms with Crippen LogP contribution in [0.25, 0.3) is 0 Å². The fourth-order valence-corrected chi connectivity index (χ4v) is 3.53. The monoisotopic (exact) mass is 407 g/mol. The highest BCUT2D eigenvalue weighted by atomic mass is 16.7. The summed E-state index contributed by atoms with van der Waals surface area (Å²) in [5.74, 6) is -1.07. The molecule has 1 heterocycles. The number of aliphatic hydroxyl groups is 1. The molecular formula is C22H33NO6. The Morgan fingerprint density at radius 1 is 1.31 bits per heavy atom. The lowest BCUT2D eigenvalue weighted by Gasteiger charge is -2.26. The van der Waals surface area contributed by atoms with Crippen LogP contribution in [0, 0.1) is 5.92 Å². The molecule has 1 aliphatic rings. The Morgan fingerprint density at radius 3 is 2.69 bits per heavy atom. The van der Waals surface area contributed by atoms with E-state index in [1.165, 1.54) is 4.90 Å². The fourth-order valence-electron chi connectivity index (χ4n) is 3.53. The Hall–Kier alpha value is -1.96. The van der Waals surface area contributed by atoms with Gasteiger partial charge in [-0.25, -0.2) is 9.69 Å². The summed E-state index contributed by atoms with van der Waals surface area (Å²) in [7, 11) is 1.58. The molecule has 0 radical (unpaired) electrons. The molecule has 2 rings (SSSR count). The van der Waals surface area contributed by atoms with E-state index in [0.717, 1.165) is 24.8 Å². The van der Waals surface area contributed by atoms with Crippen LogP contribution in [-0.4, -0.2) is 60.8 Å². The Labute approximate surface area is 172 Å². The van der Waals surface area contributed by atoms with E-state index < -0.39 is 18.1 Å². The number of carbonyl (C=O) groups excluding carboxylic acids is 2. The van der Waals surface area contributed by atoms with Crippen LogP contribution in [0.15, 0.2) is 30.3 Å². The molecule has 162 valence electrons. The van der Waals surface area contributed by atoms with E-state index in [4.69, 9.17) is 14.2 Å². The average Bonchev–Trinajstić information content (AvgIpc) is 3.09. The van der Waals surface area contributed by atoms with Gasteiger partial charge in [-0.3, -0.25) is 4.79 Å². The van der Waals surface area contributed by atoms with Crippen molar-refractivity contribution in [2.75, 3.05) is 20.5 Å². The van der Waals surface area contributed by atoms with Crippen molar-refractivity contribution in [3.05, 3.63) is 35.9 Å². The van der Waals surface area contributed by atoms with Crippen LogP contribution in [0.4, 0.5) is 4.79 Å². The van der Waals surface area contributed by atoms with E-state index in [0.29, 0.717) is 12.8 Å². The number of benzene rings is 1. The van der Waals surface area contributed by atoms with Crippen LogP contribution in [0.1, 0.15) is 45.1 Å². The minimum absolute atomic E-state index is 0.0666. The highest BCUT2D eigenvalue weighted by Gasteiger charge is 2.41. The van der Waals surface area contributed by atoms with Gasteiger partial charge in [0.1, 0.15) is 13.4 Å². The molecule has 4 atom stereocenters. The van der Waals surface area contributed by atoms with Gasteiger partial charge in [0, 0.05) is 7.11 Å². The Balaban J connectivity index is 1.88. The molecule has 0 unspecified atom stereocenters. The van der Waals surface area contributed by atoms with Gasteiger partial charge < -0.3 is 19.3 Å². The number of cyclic esters (lactones) is 1. The number of aliphatic hydroxyl groups excluding tert-OH is 1. The van der Waals surface area contributed by atoms with E-state index in [2.05, 4.69) is 0 Å².